The molecule has 0 N–H and O–H groups in total. The number of halogens is 2. The first-order valence-corrected chi connectivity index (χ1v) is 12.4. The molecule has 0 bridgehead atoms. The lowest BCUT2D eigenvalue weighted by Crippen LogP contribution is -2.37. The summed E-state index contributed by atoms with van der Waals surface area (Å²) >= 11 is 0. The van der Waals surface area contributed by atoms with E-state index in [0.717, 1.165) is 86.7 Å². The Labute approximate surface area is 227 Å². The van der Waals surface area contributed by atoms with Crippen LogP contribution < -0.4 is 9.47 Å². The van der Waals surface area contributed by atoms with Crippen LogP contribution in [0.5, 0.6) is 11.6 Å². The van der Waals surface area contributed by atoms with Crippen LogP contribution in [0.4, 0.5) is 0 Å². The zero-order chi connectivity index (χ0) is 23.4. The molecular weight excluding hydrogens is 497 g/mol. The Balaban J connectivity index is 0.00000228. The van der Waals surface area contributed by atoms with Crippen LogP contribution in [0.25, 0.3) is 11.1 Å². The molecule has 1 fully saturated rings. The fourth-order valence-corrected chi connectivity index (χ4v) is 4.01. The highest BCUT2D eigenvalue weighted by molar-refractivity contribution is 5.85. The number of unbranched alkanes of at least 4 members (excludes halogenated alkanes) is 1. The molecule has 0 aliphatic carbocycles. The summed E-state index contributed by atoms with van der Waals surface area (Å²) < 4.78 is 17.3. The monoisotopic (exact) mass is 533 g/mol. The fraction of sp³-hybridized carbons (Fsp3) is 0.429. The van der Waals surface area contributed by atoms with Crippen molar-refractivity contribution >= 4 is 24.8 Å². The molecule has 8 heteroatoms. The van der Waals surface area contributed by atoms with E-state index < -0.39 is 0 Å². The molecule has 3 aromatic rings. The second-order valence-corrected chi connectivity index (χ2v) is 8.60. The van der Waals surface area contributed by atoms with Crippen LogP contribution in [-0.2, 0) is 17.8 Å². The van der Waals surface area contributed by atoms with Gasteiger partial charge in [0.05, 0.1) is 25.5 Å². The summed E-state index contributed by atoms with van der Waals surface area (Å²) in [6.07, 6.45) is 4.07. The van der Waals surface area contributed by atoms with E-state index in [-0.39, 0.29) is 24.8 Å². The first-order valence-electron chi connectivity index (χ1n) is 12.4. The van der Waals surface area contributed by atoms with Gasteiger partial charge in [-0.05, 0) is 42.5 Å². The van der Waals surface area contributed by atoms with Crippen molar-refractivity contribution < 1.29 is 14.2 Å². The predicted octanol–water partition coefficient (Wildman–Crippen LogP) is 6.01. The second-order valence-electron chi connectivity index (χ2n) is 8.60. The minimum Gasteiger partial charge on any atom is -0.489 e. The van der Waals surface area contributed by atoms with E-state index in [0.29, 0.717) is 19.1 Å². The Morgan fingerprint density at radius 3 is 2.36 bits per heavy atom. The molecule has 1 saturated heterocycles. The predicted molar refractivity (Wildman–Crippen MR) is 149 cm³/mol. The minimum atomic E-state index is 0. The van der Waals surface area contributed by atoms with Crippen molar-refractivity contribution in [3.8, 4) is 22.8 Å². The van der Waals surface area contributed by atoms with Crippen molar-refractivity contribution in [2.45, 2.75) is 39.2 Å². The van der Waals surface area contributed by atoms with E-state index >= 15 is 0 Å². The molecule has 2 heterocycles. The lowest BCUT2D eigenvalue weighted by atomic mass is 10.0. The van der Waals surface area contributed by atoms with Gasteiger partial charge in [-0.1, -0.05) is 55.8 Å². The molecule has 0 amide bonds. The maximum Gasteiger partial charge on any atom is 0.234 e. The largest absolute Gasteiger partial charge is 0.489 e. The van der Waals surface area contributed by atoms with Gasteiger partial charge in [-0.3, -0.25) is 4.90 Å². The van der Waals surface area contributed by atoms with Gasteiger partial charge in [0.25, 0.3) is 0 Å². The summed E-state index contributed by atoms with van der Waals surface area (Å²) in [6, 6.07) is 20.5. The van der Waals surface area contributed by atoms with E-state index in [2.05, 4.69) is 46.3 Å². The molecule has 36 heavy (non-hydrogen) atoms. The molecule has 0 saturated carbocycles. The van der Waals surface area contributed by atoms with Crippen LogP contribution in [-0.4, -0.2) is 54.6 Å². The quantitative estimate of drug-likeness (QED) is 0.265. The molecular formula is C28H37Cl2N3O3. The summed E-state index contributed by atoms with van der Waals surface area (Å²) in [5.41, 5.74) is 4.36. The summed E-state index contributed by atoms with van der Waals surface area (Å²) in [4.78, 5) is 2.42. The van der Waals surface area contributed by atoms with E-state index in [1.54, 1.807) is 0 Å². The molecule has 0 radical (unpaired) electrons. The lowest BCUT2D eigenvalue weighted by molar-refractivity contribution is 0.0357. The Morgan fingerprint density at radius 1 is 0.889 bits per heavy atom. The molecule has 6 nitrogen and oxygen atoms in total. The average Bonchev–Trinajstić information content (AvgIpc) is 2.90. The number of hydrogen-bond donors (Lipinski definition) is 0. The van der Waals surface area contributed by atoms with E-state index in [1.165, 1.54) is 0 Å². The zero-order valence-electron chi connectivity index (χ0n) is 20.9. The number of nitrogens with zero attached hydrogens (tertiary/aromatic N) is 3. The maximum atomic E-state index is 5.97. The number of hydrogen-bond acceptors (Lipinski definition) is 6. The molecule has 0 spiro atoms. The lowest BCUT2D eigenvalue weighted by Gasteiger charge is -2.26. The molecule has 4 rings (SSSR count). The highest BCUT2D eigenvalue weighted by atomic mass is 35.5. The molecule has 196 valence electrons. The van der Waals surface area contributed by atoms with Crippen LogP contribution in [0.2, 0.25) is 0 Å². The van der Waals surface area contributed by atoms with Crippen LogP contribution in [0.3, 0.4) is 0 Å². The average molecular weight is 535 g/mol. The van der Waals surface area contributed by atoms with Gasteiger partial charge >= 0.3 is 0 Å². The van der Waals surface area contributed by atoms with Gasteiger partial charge in [-0.2, -0.15) is 5.10 Å². The molecule has 1 aromatic heterocycles. The Kier molecular flexibility index (Phi) is 13.6. The van der Waals surface area contributed by atoms with Crippen molar-refractivity contribution in [1.82, 2.24) is 15.1 Å². The molecule has 0 unspecified atom stereocenters. The molecule has 0 atom stereocenters. The highest BCUT2D eigenvalue weighted by Crippen LogP contribution is 2.28. The van der Waals surface area contributed by atoms with Crippen LogP contribution in [0, 0.1) is 0 Å². The van der Waals surface area contributed by atoms with Crippen LogP contribution in [0.15, 0.2) is 60.7 Å². The third-order valence-electron chi connectivity index (χ3n) is 6.00. The van der Waals surface area contributed by atoms with E-state index in [9.17, 15) is 0 Å². The summed E-state index contributed by atoms with van der Waals surface area (Å²) in [6.45, 7) is 8.05. The smallest absolute Gasteiger partial charge is 0.234 e. The summed E-state index contributed by atoms with van der Waals surface area (Å²) in [5, 5.41) is 8.88. The molecule has 1 aliphatic heterocycles. The molecule has 2 aromatic carbocycles. The standard InChI is InChI=1S/C28H35N3O3.2ClH/c1-2-3-10-27-26(21-28(30-29-27)33-18-7-15-31-16-19-32-20-17-31)24-11-13-25(14-12-24)34-22-23-8-5-4-6-9-23;;/h4-6,8-9,11-14,21H,2-3,7,10,15-20,22H2,1H3;2*1H. The first-order chi connectivity index (χ1) is 16.8. The van der Waals surface area contributed by atoms with Crippen molar-refractivity contribution in [2.75, 3.05) is 39.5 Å². The van der Waals surface area contributed by atoms with E-state index in [1.807, 2.05) is 36.4 Å². The number of benzene rings is 2. The number of rotatable bonds is 12. The van der Waals surface area contributed by atoms with Gasteiger partial charge in [0.1, 0.15) is 12.4 Å². The third kappa shape index (κ3) is 9.25. The van der Waals surface area contributed by atoms with Gasteiger partial charge in [0.2, 0.25) is 5.88 Å². The Morgan fingerprint density at radius 2 is 1.64 bits per heavy atom. The normalized spacial score (nSPS) is 13.4. The van der Waals surface area contributed by atoms with E-state index in [4.69, 9.17) is 14.2 Å². The SMILES string of the molecule is CCCCc1nnc(OCCCN2CCOCC2)cc1-c1ccc(OCc2ccccc2)cc1.Cl.Cl. The summed E-state index contributed by atoms with van der Waals surface area (Å²) in [7, 11) is 0. The number of aromatic nitrogens is 2. The van der Waals surface area contributed by atoms with Crippen molar-refractivity contribution in [1.29, 1.82) is 0 Å². The van der Waals surface area contributed by atoms with Gasteiger partial charge in [0.15, 0.2) is 0 Å². The maximum absolute atomic E-state index is 5.97. The van der Waals surface area contributed by atoms with Gasteiger partial charge in [0, 0.05) is 31.3 Å². The van der Waals surface area contributed by atoms with Crippen molar-refractivity contribution in [2.24, 2.45) is 0 Å². The van der Waals surface area contributed by atoms with Crippen LogP contribution >= 0.6 is 24.8 Å². The van der Waals surface area contributed by atoms with Crippen molar-refractivity contribution in [3.05, 3.63) is 71.9 Å². The summed E-state index contributed by atoms with van der Waals surface area (Å²) in [5.74, 6) is 1.44. The number of morpholine rings is 1. The van der Waals surface area contributed by atoms with Gasteiger partial charge < -0.3 is 14.2 Å². The van der Waals surface area contributed by atoms with Gasteiger partial charge in [-0.25, -0.2) is 0 Å². The number of ether oxygens (including phenoxy) is 3. The Bertz CT molecular complexity index is 1000. The van der Waals surface area contributed by atoms with Crippen molar-refractivity contribution in [3.63, 3.8) is 0 Å². The third-order valence-corrected chi connectivity index (χ3v) is 6.00. The number of aryl methyl sites for hydroxylation is 1. The van der Waals surface area contributed by atoms with Gasteiger partial charge in [-0.15, -0.1) is 29.9 Å². The fourth-order valence-electron chi connectivity index (χ4n) is 4.01. The zero-order valence-corrected chi connectivity index (χ0v) is 22.6. The minimum absolute atomic E-state index is 0. The Hall–Kier alpha value is -2.38. The first kappa shape index (κ1) is 29.8. The van der Waals surface area contributed by atoms with Crippen LogP contribution in [0.1, 0.15) is 37.4 Å². The topological polar surface area (TPSA) is 56.7 Å². The highest BCUT2D eigenvalue weighted by Gasteiger charge is 2.12. The molecule has 1 aliphatic rings. The second kappa shape index (κ2) is 16.4.